The van der Waals surface area contributed by atoms with Gasteiger partial charge >= 0.3 is 0 Å². The van der Waals surface area contributed by atoms with Crippen LogP contribution in [0.4, 0.5) is 0 Å². The third kappa shape index (κ3) is 1.69. The van der Waals surface area contributed by atoms with Crippen molar-refractivity contribution in [2.75, 3.05) is 19.9 Å². The van der Waals surface area contributed by atoms with Crippen LogP contribution < -0.4 is 9.47 Å². The summed E-state index contributed by atoms with van der Waals surface area (Å²) in [6.07, 6.45) is 2.17. The number of carbonyl (C=O) groups is 1. The van der Waals surface area contributed by atoms with E-state index >= 15 is 0 Å². The van der Waals surface area contributed by atoms with Gasteiger partial charge in [-0.25, -0.2) is 0 Å². The van der Waals surface area contributed by atoms with Crippen LogP contribution in [0.25, 0.3) is 0 Å². The molecule has 1 aliphatic carbocycles. The second-order valence-corrected chi connectivity index (χ2v) is 5.61. The molecule has 1 aromatic carbocycles. The molecule has 0 spiro atoms. The van der Waals surface area contributed by atoms with Crippen molar-refractivity contribution in [3.63, 3.8) is 0 Å². The summed E-state index contributed by atoms with van der Waals surface area (Å²) in [4.78, 5) is 14.0. The molecule has 1 aromatic rings. The Morgan fingerprint density at radius 2 is 2.00 bits per heavy atom. The van der Waals surface area contributed by atoms with Gasteiger partial charge in [0, 0.05) is 5.56 Å². The number of hydrogen-bond acceptors (Lipinski definition) is 4. The Kier molecular flexibility index (Phi) is 2.12. The first-order chi connectivity index (χ1) is 9.16. The predicted molar refractivity (Wildman–Crippen MR) is 66.1 cm³/mol. The molecule has 3 aliphatic rings. The summed E-state index contributed by atoms with van der Waals surface area (Å²) in [6.45, 7) is 1.11. The monoisotopic (exact) mass is 261 g/mol. The van der Waals surface area contributed by atoms with Gasteiger partial charge in [-0.2, -0.15) is 0 Å². The van der Waals surface area contributed by atoms with E-state index in [-0.39, 0.29) is 12.7 Å². The molecule has 1 amide bonds. The topological polar surface area (TPSA) is 59.0 Å². The summed E-state index contributed by atoms with van der Waals surface area (Å²) < 4.78 is 10.5. The first kappa shape index (κ1) is 11.1. The van der Waals surface area contributed by atoms with Gasteiger partial charge in [0.25, 0.3) is 5.91 Å². The maximum atomic E-state index is 12.3. The zero-order valence-electron chi connectivity index (χ0n) is 10.5. The molecule has 100 valence electrons. The number of fused-ring (bicyclic) bond motifs is 1. The quantitative estimate of drug-likeness (QED) is 0.863. The van der Waals surface area contributed by atoms with Gasteiger partial charge in [-0.05, 0) is 37.0 Å². The molecule has 0 bridgehead atoms. The van der Waals surface area contributed by atoms with Crippen molar-refractivity contribution in [3.05, 3.63) is 23.8 Å². The van der Waals surface area contributed by atoms with E-state index in [1.165, 1.54) is 0 Å². The summed E-state index contributed by atoms with van der Waals surface area (Å²) in [5.74, 6) is 1.63. The minimum Gasteiger partial charge on any atom is -0.454 e. The molecular formula is C14H15NO4. The van der Waals surface area contributed by atoms with Gasteiger partial charge in [-0.3, -0.25) is 4.79 Å². The standard InChI is InChI=1S/C14H15NO4/c16-13(15-6-14(17,7-15)10-2-3-10)9-1-4-11-12(5-9)19-8-18-11/h1,4-5,10,17H,2-3,6-8H2. The average Bonchev–Trinajstić information content (AvgIpc) is 3.12. The third-order valence-electron chi connectivity index (χ3n) is 4.17. The summed E-state index contributed by atoms with van der Waals surface area (Å²) in [6, 6.07) is 5.20. The van der Waals surface area contributed by atoms with Crippen molar-refractivity contribution in [1.82, 2.24) is 4.90 Å². The first-order valence-electron chi connectivity index (χ1n) is 6.57. The third-order valence-corrected chi connectivity index (χ3v) is 4.17. The van der Waals surface area contributed by atoms with Crippen molar-refractivity contribution >= 4 is 5.91 Å². The highest BCUT2D eigenvalue weighted by Gasteiger charge is 2.53. The highest BCUT2D eigenvalue weighted by molar-refractivity contribution is 5.95. The van der Waals surface area contributed by atoms with E-state index in [0.717, 1.165) is 12.8 Å². The number of nitrogens with zero attached hydrogens (tertiary/aromatic N) is 1. The number of amides is 1. The van der Waals surface area contributed by atoms with Gasteiger partial charge in [-0.1, -0.05) is 0 Å². The van der Waals surface area contributed by atoms with E-state index in [2.05, 4.69) is 0 Å². The molecule has 1 N–H and O–H groups in total. The van der Waals surface area contributed by atoms with Crippen molar-refractivity contribution in [2.24, 2.45) is 5.92 Å². The van der Waals surface area contributed by atoms with E-state index in [1.807, 2.05) is 0 Å². The Balaban J connectivity index is 1.49. The fourth-order valence-corrected chi connectivity index (χ4v) is 2.85. The number of benzene rings is 1. The van der Waals surface area contributed by atoms with Crippen LogP contribution >= 0.6 is 0 Å². The van der Waals surface area contributed by atoms with Crippen LogP contribution in [-0.4, -0.2) is 41.4 Å². The fraction of sp³-hybridized carbons (Fsp3) is 0.500. The molecule has 1 saturated heterocycles. The molecule has 2 fully saturated rings. The molecule has 0 unspecified atom stereocenters. The van der Waals surface area contributed by atoms with Crippen molar-refractivity contribution in [1.29, 1.82) is 0 Å². The number of rotatable bonds is 2. The maximum absolute atomic E-state index is 12.3. The fourth-order valence-electron chi connectivity index (χ4n) is 2.85. The maximum Gasteiger partial charge on any atom is 0.254 e. The molecule has 2 heterocycles. The van der Waals surface area contributed by atoms with Gasteiger partial charge in [-0.15, -0.1) is 0 Å². The van der Waals surface area contributed by atoms with Crippen molar-refractivity contribution < 1.29 is 19.4 Å². The molecule has 0 radical (unpaired) electrons. The van der Waals surface area contributed by atoms with Crippen LogP contribution in [0.2, 0.25) is 0 Å². The molecule has 1 saturated carbocycles. The minimum absolute atomic E-state index is 0.0522. The zero-order chi connectivity index (χ0) is 13.0. The average molecular weight is 261 g/mol. The van der Waals surface area contributed by atoms with Crippen LogP contribution in [0, 0.1) is 5.92 Å². The lowest BCUT2D eigenvalue weighted by molar-refractivity contribution is -0.0958. The van der Waals surface area contributed by atoms with Gasteiger partial charge in [0.05, 0.1) is 13.1 Å². The molecule has 0 atom stereocenters. The Hall–Kier alpha value is -1.75. The van der Waals surface area contributed by atoms with Crippen molar-refractivity contribution in [3.8, 4) is 11.5 Å². The number of β-amino-alcohol motifs (C(OH)–C–C–N with tert-alkyl or cyclic N) is 1. The van der Waals surface area contributed by atoms with Crippen LogP contribution in [-0.2, 0) is 0 Å². The number of carbonyl (C=O) groups excluding carboxylic acids is 1. The molecule has 4 rings (SSSR count). The van der Waals surface area contributed by atoms with E-state index in [9.17, 15) is 9.90 Å². The summed E-state index contributed by atoms with van der Waals surface area (Å²) in [5.41, 5.74) is -0.0477. The van der Waals surface area contributed by atoms with Crippen molar-refractivity contribution in [2.45, 2.75) is 18.4 Å². The van der Waals surface area contributed by atoms with Crippen LogP contribution in [0.3, 0.4) is 0 Å². The van der Waals surface area contributed by atoms with E-state index in [0.29, 0.717) is 36.1 Å². The van der Waals surface area contributed by atoms with Crippen LogP contribution in [0.5, 0.6) is 11.5 Å². The summed E-state index contributed by atoms with van der Waals surface area (Å²) in [7, 11) is 0. The Bertz CT molecular complexity index is 546. The summed E-state index contributed by atoms with van der Waals surface area (Å²) >= 11 is 0. The molecule has 5 nitrogen and oxygen atoms in total. The smallest absolute Gasteiger partial charge is 0.254 e. The van der Waals surface area contributed by atoms with Gasteiger partial charge < -0.3 is 19.5 Å². The predicted octanol–water partition coefficient (Wildman–Crippen LogP) is 1.01. The lowest BCUT2D eigenvalue weighted by atomic mass is 9.88. The summed E-state index contributed by atoms with van der Waals surface area (Å²) in [5, 5.41) is 10.2. The first-order valence-corrected chi connectivity index (χ1v) is 6.57. The lowest BCUT2D eigenvalue weighted by Gasteiger charge is -2.47. The second-order valence-electron chi connectivity index (χ2n) is 5.61. The Morgan fingerprint density at radius 1 is 1.26 bits per heavy atom. The number of hydrogen-bond donors (Lipinski definition) is 1. The normalized spacial score (nSPS) is 23.1. The highest BCUT2D eigenvalue weighted by atomic mass is 16.7. The molecule has 5 heteroatoms. The molecule has 2 aliphatic heterocycles. The van der Waals surface area contributed by atoms with E-state index in [1.54, 1.807) is 23.1 Å². The largest absolute Gasteiger partial charge is 0.454 e. The van der Waals surface area contributed by atoms with E-state index in [4.69, 9.17) is 9.47 Å². The molecular weight excluding hydrogens is 246 g/mol. The molecule has 0 aromatic heterocycles. The Labute approximate surface area is 110 Å². The van der Waals surface area contributed by atoms with Crippen LogP contribution in [0.1, 0.15) is 23.2 Å². The van der Waals surface area contributed by atoms with E-state index < -0.39 is 5.60 Å². The van der Waals surface area contributed by atoms with Gasteiger partial charge in [0.2, 0.25) is 6.79 Å². The lowest BCUT2D eigenvalue weighted by Crippen LogP contribution is -2.64. The van der Waals surface area contributed by atoms with Crippen LogP contribution in [0.15, 0.2) is 18.2 Å². The SMILES string of the molecule is O=C(c1ccc2c(c1)OCO2)N1CC(O)(C2CC2)C1. The van der Waals surface area contributed by atoms with Gasteiger partial charge in [0.15, 0.2) is 11.5 Å². The number of likely N-dealkylation sites (tertiary alicyclic amines) is 1. The Morgan fingerprint density at radius 3 is 2.74 bits per heavy atom. The second kappa shape index (κ2) is 3.63. The number of ether oxygens (including phenoxy) is 2. The minimum atomic E-state index is -0.633. The van der Waals surface area contributed by atoms with Gasteiger partial charge in [0.1, 0.15) is 5.60 Å². The highest BCUT2D eigenvalue weighted by Crippen LogP contribution is 2.45. The zero-order valence-corrected chi connectivity index (χ0v) is 10.5. The number of aliphatic hydroxyl groups is 1. The molecule has 19 heavy (non-hydrogen) atoms.